The van der Waals surface area contributed by atoms with Crippen LogP contribution in [0, 0.1) is 13.8 Å². The second-order valence-corrected chi connectivity index (χ2v) is 7.98. The van der Waals surface area contributed by atoms with Crippen molar-refractivity contribution < 1.29 is 13.9 Å². The lowest BCUT2D eigenvalue weighted by Crippen LogP contribution is -2.11. The minimum atomic E-state index is -0.446. The molecular formula is C16H15Br3O4. The number of aryl methyl sites for hydroxylation is 2. The fourth-order valence-electron chi connectivity index (χ4n) is 2.40. The van der Waals surface area contributed by atoms with Crippen molar-refractivity contribution in [2.24, 2.45) is 0 Å². The molecule has 1 aromatic heterocycles. The van der Waals surface area contributed by atoms with Crippen molar-refractivity contribution in [1.29, 1.82) is 0 Å². The minimum Gasteiger partial charge on any atom is -0.426 e. The molecule has 23 heavy (non-hydrogen) atoms. The molecule has 0 saturated carbocycles. The van der Waals surface area contributed by atoms with E-state index < -0.39 is 11.6 Å². The molecule has 4 nitrogen and oxygen atoms in total. The van der Waals surface area contributed by atoms with Crippen LogP contribution in [-0.2, 0) is 11.2 Å². The number of halogens is 3. The van der Waals surface area contributed by atoms with Gasteiger partial charge in [0.15, 0.2) is 0 Å². The highest BCUT2D eigenvalue weighted by atomic mass is 79.9. The molecule has 1 atom stereocenters. The van der Waals surface area contributed by atoms with Crippen LogP contribution in [0.15, 0.2) is 19.8 Å². The highest BCUT2D eigenvalue weighted by Crippen LogP contribution is 2.35. The third-order valence-electron chi connectivity index (χ3n) is 3.50. The predicted molar refractivity (Wildman–Crippen MR) is 101 cm³/mol. The SMILES string of the molecule is CC(=O)Oc1c(CC(Br)CBr)cc2c(C)c(Br)c(=O)oc2c1C. The number of hydrogen-bond acceptors (Lipinski definition) is 4. The summed E-state index contributed by atoms with van der Waals surface area (Å²) >= 11 is 10.3. The molecule has 0 bridgehead atoms. The van der Waals surface area contributed by atoms with Crippen LogP contribution in [0.4, 0.5) is 0 Å². The summed E-state index contributed by atoms with van der Waals surface area (Å²) in [5, 5.41) is 1.59. The van der Waals surface area contributed by atoms with Gasteiger partial charge >= 0.3 is 11.6 Å². The second-order valence-electron chi connectivity index (χ2n) is 5.24. The summed E-state index contributed by atoms with van der Waals surface area (Å²) in [4.78, 5) is 23.6. The number of esters is 1. The molecule has 0 N–H and O–H groups in total. The van der Waals surface area contributed by atoms with Crippen LogP contribution in [0.3, 0.4) is 0 Å². The first kappa shape index (κ1) is 18.7. The molecule has 1 aromatic carbocycles. The first-order chi connectivity index (χ1) is 10.8. The lowest BCUT2D eigenvalue weighted by Gasteiger charge is -2.16. The Labute approximate surface area is 159 Å². The second kappa shape index (κ2) is 7.49. The summed E-state index contributed by atoms with van der Waals surface area (Å²) in [6.45, 7) is 5.00. The van der Waals surface area contributed by atoms with E-state index in [1.807, 2.05) is 13.0 Å². The van der Waals surface area contributed by atoms with Crippen molar-refractivity contribution in [2.75, 3.05) is 5.33 Å². The first-order valence-corrected chi connectivity index (χ1v) is 9.73. The van der Waals surface area contributed by atoms with Crippen molar-refractivity contribution in [3.8, 4) is 5.75 Å². The largest absolute Gasteiger partial charge is 0.426 e. The Morgan fingerprint density at radius 1 is 1.35 bits per heavy atom. The van der Waals surface area contributed by atoms with Gasteiger partial charge in [-0.1, -0.05) is 31.9 Å². The zero-order valence-electron chi connectivity index (χ0n) is 12.8. The average Bonchev–Trinajstić information content (AvgIpc) is 2.49. The van der Waals surface area contributed by atoms with Crippen molar-refractivity contribution in [1.82, 2.24) is 0 Å². The number of rotatable bonds is 4. The van der Waals surface area contributed by atoms with Gasteiger partial charge in [0.25, 0.3) is 0 Å². The van der Waals surface area contributed by atoms with Crippen LogP contribution < -0.4 is 10.4 Å². The molecule has 0 aliphatic heterocycles. The van der Waals surface area contributed by atoms with Crippen molar-refractivity contribution in [3.63, 3.8) is 0 Å². The molecule has 124 valence electrons. The predicted octanol–water partition coefficient (Wildman–Crippen LogP) is 4.80. The summed E-state index contributed by atoms with van der Waals surface area (Å²) in [6, 6.07) is 1.92. The van der Waals surface area contributed by atoms with E-state index in [0.29, 0.717) is 27.8 Å². The number of carbonyl (C=O) groups is 1. The van der Waals surface area contributed by atoms with Gasteiger partial charge < -0.3 is 9.15 Å². The Kier molecular flexibility index (Phi) is 6.08. The molecule has 0 aliphatic rings. The van der Waals surface area contributed by atoms with Gasteiger partial charge in [-0.25, -0.2) is 4.79 Å². The van der Waals surface area contributed by atoms with Gasteiger partial charge in [-0.05, 0) is 53.4 Å². The van der Waals surface area contributed by atoms with Crippen LogP contribution in [0.2, 0.25) is 0 Å². The van der Waals surface area contributed by atoms with E-state index in [9.17, 15) is 9.59 Å². The molecular weight excluding hydrogens is 496 g/mol. The fraction of sp³-hybridized carbons (Fsp3) is 0.375. The number of hydrogen-bond donors (Lipinski definition) is 0. The van der Waals surface area contributed by atoms with Crippen LogP contribution in [0.5, 0.6) is 5.75 Å². The Bertz CT molecular complexity index is 826. The molecule has 0 fully saturated rings. The van der Waals surface area contributed by atoms with Crippen LogP contribution in [-0.4, -0.2) is 16.1 Å². The van der Waals surface area contributed by atoms with E-state index in [1.165, 1.54) is 6.92 Å². The van der Waals surface area contributed by atoms with E-state index in [4.69, 9.17) is 9.15 Å². The van der Waals surface area contributed by atoms with Crippen LogP contribution >= 0.6 is 47.8 Å². The number of alkyl halides is 2. The van der Waals surface area contributed by atoms with Crippen molar-refractivity contribution in [3.05, 3.63) is 37.6 Å². The third-order valence-corrected chi connectivity index (χ3v) is 6.71. The monoisotopic (exact) mass is 508 g/mol. The Balaban J connectivity index is 2.80. The smallest absolute Gasteiger partial charge is 0.350 e. The summed E-state index contributed by atoms with van der Waals surface area (Å²) in [6.07, 6.45) is 0.667. The summed E-state index contributed by atoms with van der Waals surface area (Å²) < 4.78 is 11.2. The molecule has 2 rings (SSSR count). The lowest BCUT2D eigenvalue weighted by molar-refractivity contribution is -0.131. The lowest BCUT2D eigenvalue weighted by atomic mass is 9.99. The van der Waals surface area contributed by atoms with Gasteiger partial charge in [0.2, 0.25) is 0 Å². The van der Waals surface area contributed by atoms with Gasteiger partial charge in [0.1, 0.15) is 15.8 Å². The van der Waals surface area contributed by atoms with Crippen LogP contribution in [0.1, 0.15) is 23.6 Å². The van der Waals surface area contributed by atoms with E-state index in [0.717, 1.165) is 21.8 Å². The molecule has 0 amide bonds. The molecule has 2 aromatic rings. The summed E-state index contributed by atoms with van der Waals surface area (Å²) in [7, 11) is 0. The molecule has 0 spiro atoms. The topological polar surface area (TPSA) is 56.5 Å². The Morgan fingerprint density at radius 2 is 2.00 bits per heavy atom. The van der Waals surface area contributed by atoms with Gasteiger partial charge in [-0.2, -0.15) is 0 Å². The van der Waals surface area contributed by atoms with Crippen molar-refractivity contribution >= 4 is 64.7 Å². The number of benzene rings is 1. The quantitative estimate of drug-likeness (QED) is 0.257. The minimum absolute atomic E-state index is 0.188. The number of carbonyl (C=O) groups excluding carboxylic acids is 1. The normalized spacial score (nSPS) is 12.4. The van der Waals surface area contributed by atoms with E-state index in [-0.39, 0.29) is 4.83 Å². The van der Waals surface area contributed by atoms with E-state index >= 15 is 0 Å². The van der Waals surface area contributed by atoms with Crippen LogP contribution in [0.25, 0.3) is 11.0 Å². The fourth-order valence-corrected chi connectivity index (χ4v) is 3.27. The van der Waals surface area contributed by atoms with Gasteiger partial charge in [-0.3, -0.25) is 4.79 Å². The molecule has 0 radical (unpaired) electrons. The first-order valence-electron chi connectivity index (χ1n) is 6.90. The molecule has 7 heteroatoms. The molecule has 1 heterocycles. The zero-order valence-corrected chi connectivity index (χ0v) is 17.6. The van der Waals surface area contributed by atoms with Crippen molar-refractivity contribution in [2.45, 2.75) is 32.0 Å². The van der Waals surface area contributed by atoms with E-state index in [1.54, 1.807) is 6.92 Å². The average molecular weight is 511 g/mol. The molecule has 1 unspecified atom stereocenters. The number of fused-ring (bicyclic) bond motifs is 1. The summed E-state index contributed by atoms with van der Waals surface area (Å²) in [5.74, 6) is 0.0510. The van der Waals surface area contributed by atoms with Gasteiger partial charge in [0, 0.05) is 28.0 Å². The standard InChI is InChI=1S/C16H15Br3O4/c1-7-12-5-10(4-11(18)6-17)14(22-9(3)20)8(2)15(12)23-16(21)13(7)19/h5,11H,4,6H2,1-3H3. The third kappa shape index (κ3) is 3.88. The maximum Gasteiger partial charge on any atom is 0.350 e. The maximum absolute atomic E-state index is 11.9. The number of ether oxygens (including phenoxy) is 1. The van der Waals surface area contributed by atoms with Gasteiger partial charge in [0.05, 0.1) is 0 Å². The Morgan fingerprint density at radius 3 is 2.57 bits per heavy atom. The zero-order chi connectivity index (χ0) is 17.3. The molecule has 0 aliphatic carbocycles. The highest BCUT2D eigenvalue weighted by Gasteiger charge is 2.20. The van der Waals surface area contributed by atoms with Gasteiger partial charge in [-0.15, -0.1) is 0 Å². The van der Waals surface area contributed by atoms with E-state index in [2.05, 4.69) is 47.8 Å². The summed E-state index contributed by atoms with van der Waals surface area (Å²) in [5.41, 5.74) is 2.34. The Hall–Kier alpha value is -0.660. The highest BCUT2D eigenvalue weighted by molar-refractivity contribution is 9.12. The molecule has 0 saturated heterocycles. The maximum atomic E-state index is 11.9.